The van der Waals surface area contributed by atoms with Crippen LogP contribution in [0.15, 0.2) is 102 Å². The van der Waals surface area contributed by atoms with Gasteiger partial charge in [-0.15, -0.1) is 12.2 Å². The van der Waals surface area contributed by atoms with Gasteiger partial charge in [0.2, 0.25) is 0 Å². The molecule has 3 rings (SSSR count). The molecule has 0 N–H and O–H groups in total. The second kappa shape index (κ2) is 10.8. The van der Waals surface area contributed by atoms with Crippen molar-refractivity contribution in [3.05, 3.63) is 113 Å². The monoisotopic (exact) mass is 404 g/mol. The molecule has 2 aromatic rings. The predicted molar refractivity (Wildman–Crippen MR) is 133 cm³/mol. The van der Waals surface area contributed by atoms with Gasteiger partial charge in [0.05, 0.1) is 5.70 Å². The summed E-state index contributed by atoms with van der Waals surface area (Å²) < 4.78 is 0. The molecule has 0 saturated carbocycles. The van der Waals surface area contributed by atoms with Crippen LogP contribution >= 0.6 is 0 Å². The van der Waals surface area contributed by atoms with E-state index < -0.39 is 0 Å². The summed E-state index contributed by atoms with van der Waals surface area (Å²) in [5, 5.41) is 2.17. The number of terminal acetylenes is 1. The Hall–Kier alpha value is -3.79. The van der Waals surface area contributed by atoms with E-state index in [0.29, 0.717) is 6.54 Å². The number of hydrogen-bond donors (Lipinski definition) is 0. The van der Waals surface area contributed by atoms with Crippen LogP contribution in [0.1, 0.15) is 26.3 Å². The van der Waals surface area contributed by atoms with Crippen molar-refractivity contribution in [1.82, 2.24) is 4.90 Å². The molecule has 2 heteroatoms. The van der Waals surface area contributed by atoms with E-state index in [2.05, 4.69) is 78.9 Å². The summed E-state index contributed by atoms with van der Waals surface area (Å²) in [7, 11) is 0. The molecule has 0 atom stereocenters. The third-order valence-corrected chi connectivity index (χ3v) is 4.75. The number of amidine groups is 1. The molecule has 0 heterocycles. The predicted octanol–water partition coefficient (Wildman–Crippen LogP) is 4.75. The van der Waals surface area contributed by atoms with E-state index >= 15 is 0 Å². The number of rotatable bonds is 6. The quantitative estimate of drug-likeness (QED) is 0.294. The fourth-order valence-corrected chi connectivity index (χ4v) is 3.48. The van der Waals surface area contributed by atoms with Crippen molar-refractivity contribution in [3.8, 4) is 12.3 Å². The lowest BCUT2D eigenvalue weighted by molar-refractivity contribution is 0.569. The SMILES string of the molecule is C#C/C=C(\C=C/C)C(=N/C(C)C)/N(Cc1ccccc1)C1=c2ccccc2=C=CC=C1. The first-order chi connectivity index (χ1) is 15.1. The minimum absolute atomic E-state index is 0.106. The van der Waals surface area contributed by atoms with Crippen molar-refractivity contribution in [2.75, 3.05) is 0 Å². The molecule has 0 unspecified atom stereocenters. The van der Waals surface area contributed by atoms with Crippen molar-refractivity contribution in [2.45, 2.75) is 33.4 Å². The van der Waals surface area contributed by atoms with Gasteiger partial charge in [0, 0.05) is 28.6 Å². The van der Waals surface area contributed by atoms with E-state index in [0.717, 1.165) is 27.5 Å². The number of allylic oxidation sites excluding steroid dienone is 4. The molecule has 0 radical (unpaired) electrons. The first kappa shape index (κ1) is 21.9. The van der Waals surface area contributed by atoms with Gasteiger partial charge >= 0.3 is 0 Å². The van der Waals surface area contributed by atoms with Gasteiger partial charge in [-0.25, -0.2) is 0 Å². The largest absolute Gasteiger partial charge is 0.321 e. The van der Waals surface area contributed by atoms with Crippen molar-refractivity contribution < 1.29 is 0 Å². The van der Waals surface area contributed by atoms with Crippen LogP contribution in [0.3, 0.4) is 0 Å². The lowest BCUT2D eigenvalue weighted by Crippen LogP contribution is -2.37. The standard InChI is InChI=1S/C29H28N2/c1-5-14-26(15-6-2)29(30-23(3)4)31(22-24-16-8-7-9-17-24)28-21-13-11-19-25-18-10-12-20-27(25)28/h1,6-18,20-21,23H,22H2,2-4H3/b15-6-,26-14+,30-29-. The van der Waals surface area contributed by atoms with Crippen LogP contribution in [0.25, 0.3) is 11.4 Å². The molecular weight excluding hydrogens is 376 g/mol. The highest BCUT2D eigenvalue weighted by Gasteiger charge is 2.20. The molecule has 1 aliphatic carbocycles. The lowest BCUT2D eigenvalue weighted by atomic mass is 10.1. The molecule has 0 fully saturated rings. The van der Waals surface area contributed by atoms with Gasteiger partial charge in [-0.3, -0.25) is 4.99 Å². The van der Waals surface area contributed by atoms with E-state index in [1.807, 2.05) is 43.4 Å². The Balaban J connectivity index is 2.33. The zero-order valence-corrected chi connectivity index (χ0v) is 18.4. The maximum Gasteiger partial charge on any atom is 0.136 e. The summed E-state index contributed by atoms with van der Waals surface area (Å²) >= 11 is 0. The average molecular weight is 405 g/mol. The highest BCUT2D eigenvalue weighted by Crippen LogP contribution is 2.20. The number of nitrogens with zero attached hydrogens (tertiary/aromatic N) is 2. The van der Waals surface area contributed by atoms with E-state index in [4.69, 9.17) is 11.4 Å². The Kier molecular flexibility index (Phi) is 7.66. The number of fused-ring (bicyclic) bond motifs is 1. The molecule has 154 valence electrons. The first-order valence-corrected chi connectivity index (χ1v) is 10.6. The smallest absolute Gasteiger partial charge is 0.136 e. The van der Waals surface area contributed by atoms with Gasteiger partial charge in [0.25, 0.3) is 0 Å². The Morgan fingerprint density at radius 2 is 1.87 bits per heavy atom. The van der Waals surface area contributed by atoms with Gasteiger partial charge in [0.15, 0.2) is 0 Å². The summed E-state index contributed by atoms with van der Waals surface area (Å²) in [4.78, 5) is 7.29. The van der Waals surface area contributed by atoms with Crippen LogP contribution in [-0.2, 0) is 6.54 Å². The fourth-order valence-electron chi connectivity index (χ4n) is 3.48. The number of aliphatic imine (C=N–C) groups is 1. The molecule has 0 aliphatic heterocycles. The van der Waals surface area contributed by atoms with E-state index in [-0.39, 0.29) is 6.04 Å². The Morgan fingerprint density at radius 1 is 1.13 bits per heavy atom. The summed E-state index contributed by atoms with van der Waals surface area (Å²) in [6, 6.07) is 18.9. The van der Waals surface area contributed by atoms with E-state index in [1.54, 1.807) is 6.08 Å². The van der Waals surface area contributed by atoms with Crippen LogP contribution in [-0.4, -0.2) is 16.8 Å². The van der Waals surface area contributed by atoms with Gasteiger partial charge in [0.1, 0.15) is 5.84 Å². The molecule has 0 amide bonds. The molecule has 0 saturated heterocycles. The zero-order valence-electron chi connectivity index (χ0n) is 18.4. The van der Waals surface area contributed by atoms with Crippen molar-refractivity contribution in [1.29, 1.82) is 0 Å². The Bertz CT molecular complexity index is 1230. The normalized spacial score (nSPS) is 13.7. The third-order valence-electron chi connectivity index (χ3n) is 4.75. The number of benzene rings is 2. The van der Waals surface area contributed by atoms with E-state index in [9.17, 15) is 0 Å². The van der Waals surface area contributed by atoms with Crippen LogP contribution in [0.2, 0.25) is 0 Å². The van der Waals surface area contributed by atoms with Crippen LogP contribution in [0.5, 0.6) is 0 Å². The average Bonchev–Trinajstić information content (AvgIpc) is 2.99. The van der Waals surface area contributed by atoms with Gasteiger partial charge in [-0.2, -0.15) is 0 Å². The first-order valence-electron chi connectivity index (χ1n) is 10.6. The van der Waals surface area contributed by atoms with Crippen LogP contribution < -0.4 is 10.4 Å². The second-order valence-corrected chi connectivity index (χ2v) is 7.49. The molecule has 0 bridgehead atoms. The second-order valence-electron chi connectivity index (χ2n) is 7.49. The summed E-state index contributed by atoms with van der Waals surface area (Å²) in [5.74, 6) is 3.55. The van der Waals surface area contributed by atoms with E-state index in [1.165, 1.54) is 5.56 Å². The van der Waals surface area contributed by atoms with Crippen molar-refractivity contribution in [3.63, 3.8) is 0 Å². The Morgan fingerprint density at radius 3 is 2.58 bits per heavy atom. The minimum atomic E-state index is 0.106. The molecule has 2 aromatic carbocycles. The highest BCUT2D eigenvalue weighted by atomic mass is 15.2. The van der Waals surface area contributed by atoms with Crippen molar-refractivity contribution in [2.24, 2.45) is 4.99 Å². The zero-order chi connectivity index (χ0) is 22.1. The topological polar surface area (TPSA) is 15.6 Å². The highest BCUT2D eigenvalue weighted by molar-refractivity contribution is 6.05. The number of hydrogen-bond acceptors (Lipinski definition) is 1. The molecular formula is C29H28N2. The maximum absolute atomic E-state index is 5.69. The molecule has 1 aliphatic rings. The van der Waals surface area contributed by atoms with Gasteiger partial charge in [-0.05, 0) is 50.6 Å². The maximum atomic E-state index is 5.69. The van der Waals surface area contributed by atoms with Crippen LogP contribution in [0.4, 0.5) is 0 Å². The summed E-state index contributed by atoms with van der Waals surface area (Å²) in [6.07, 6.45) is 17.6. The molecule has 31 heavy (non-hydrogen) atoms. The van der Waals surface area contributed by atoms with Gasteiger partial charge in [-0.1, -0.05) is 72.7 Å². The van der Waals surface area contributed by atoms with Gasteiger partial charge < -0.3 is 4.90 Å². The van der Waals surface area contributed by atoms with Crippen molar-refractivity contribution >= 4 is 17.3 Å². The fraction of sp³-hybridized carbons (Fsp3) is 0.172. The summed E-state index contributed by atoms with van der Waals surface area (Å²) in [5.41, 5.74) is 6.54. The summed E-state index contributed by atoms with van der Waals surface area (Å²) in [6.45, 7) is 6.83. The third kappa shape index (κ3) is 5.64. The lowest BCUT2D eigenvalue weighted by Gasteiger charge is -2.29. The molecule has 0 spiro atoms. The Labute approximate surface area is 185 Å². The molecule has 0 aromatic heterocycles. The van der Waals surface area contributed by atoms with Crippen LogP contribution in [0, 0.1) is 12.3 Å². The molecule has 2 nitrogen and oxygen atoms in total. The minimum Gasteiger partial charge on any atom is -0.321 e.